The van der Waals surface area contributed by atoms with E-state index >= 15 is 0 Å². The third kappa shape index (κ3) is 4.29. The summed E-state index contributed by atoms with van der Waals surface area (Å²) in [5.74, 6) is 0.346. The number of nitrogens with one attached hydrogen (secondary N) is 1. The molecule has 1 heterocycles. The van der Waals surface area contributed by atoms with Crippen molar-refractivity contribution in [2.45, 2.75) is 12.5 Å². The Morgan fingerprint density at radius 3 is 2.43 bits per heavy atom. The number of hydrogen-bond acceptors (Lipinski definition) is 4. The first kappa shape index (κ1) is 16.5. The van der Waals surface area contributed by atoms with E-state index in [1.165, 1.54) is 0 Å². The summed E-state index contributed by atoms with van der Waals surface area (Å²) in [4.78, 5) is 0. The quantitative estimate of drug-likeness (QED) is 0.666. The van der Waals surface area contributed by atoms with Crippen molar-refractivity contribution in [1.29, 1.82) is 0 Å². The number of hydrazine groups is 1. The van der Waals surface area contributed by atoms with E-state index in [-0.39, 0.29) is 17.5 Å². The van der Waals surface area contributed by atoms with Crippen LogP contribution >= 0.6 is 23.8 Å². The lowest BCUT2D eigenvalue weighted by Gasteiger charge is -2.36. The number of halogens is 1. The Morgan fingerprint density at radius 2 is 1.95 bits per heavy atom. The third-order valence-electron chi connectivity index (χ3n) is 3.29. The Balaban J connectivity index is 2.11. The first-order valence-corrected chi connectivity index (χ1v) is 9.13. The zero-order valence-electron chi connectivity index (χ0n) is 11.9. The molecule has 0 saturated carbocycles. The molecule has 5 nitrogen and oxygen atoms in total. The first-order valence-electron chi connectivity index (χ1n) is 6.52. The monoisotopic (exact) mass is 347 g/mol. The Labute approximate surface area is 135 Å². The zero-order valence-corrected chi connectivity index (χ0v) is 14.3. The number of hydrogen-bond donors (Lipinski definition) is 1. The van der Waals surface area contributed by atoms with Gasteiger partial charge in [-0.1, -0.05) is 11.6 Å². The van der Waals surface area contributed by atoms with Crippen LogP contribution in [0.3, 0.4) is 0 Å². The van der Waals surface area contributed by atoms with E-state index in [9.17, 15) is 8.42 Å². The molecule has 1 aliphatic heterocycles. The number of benzene rings is 1. The Bertz CT molecular complexity index is 617. The number of anilines is 1. The minimum absolute atomic E-state index is 0.127. The lowest BCUT2D eigenvalue weighted by atomic mass is 10.2. The molecule has 21 heavy (non-hydrogen) atoms. The lowest BCUT2D eigenvalue weighted by Crippen LogP contribution is -2.51. The second-order valence-electron chi connectivity index (χ2n) is 5.19. The molecule has 0 unspecified atom stereocenters. The minimum Gasteiger partial charge on any atom is -0.332 e. The highest BCUT2D eigenvalue weighted by Gasteiger charge is 2.34. The summed E-state index contributed by atoms with van der Waals surface area (Å²) in [5, 5.41) is 7.87. The van der Waals surface area contributed by atoms with Gasteiger partial charge in [-0.25, -0.2) is 13.4 Å². The van der Waals surface area contributed by atoms with E-state index in [0.29, 0.717) is 16.6 Å². The Kier molecular flexibility index (Phi) is 5.08. The molecule has 1 fully saturated rings. The molecule has 8 heteroatoms. The molecular weight excluding hydrogens is 330 g/mol. The fourth-order valence-corrected chi connectivity index (χ4v) is 4.60. The SMILES string of the molecule is CN(C)N(C(=S)Nc1ccc(Cl)cc1)[C@@H]1CCS(=O)(=O)C1. The molecule has 0 aromatic heterocycles. The fraction of sp³-hybridized carbons (Fsp3) is 0.462. The van der Waals surface area contributed by atoms with Crippen LogP contribution in [0.2, 0.25) is 5.02 Å². The van der Waals surface area contributed by atoms with Gasteiger partial charge in [-0.2, -0.15) is 0 Å². The number of thiocarbonyl (C=S) groups is 1. The molecule has 2 rings (SSSR count). The van der Waals surface area contributed by atoms with Crippen LogP contribution in [0.1, 0.15) is 6.42 Å². The molecule has 0 spiro atoms. The van der Waals surface area contributed by atoms with Crippen LogP contribution in [0, 0.1) is 0 Å². The van der Waals surface area contributed by atoms with Crippen LogP contribution < -0.4 is 5.32 Å². The lowest BCUT2D eigenvalue weighted by molar-refractivity contribution is 0.0757. The second kappa shape index (κ2) is 6.48. The summed E-state index contributed by atoms with van der Waals surface area (Å²) in [5.41, 5.74) is 0.817. The molecule has 116 valence electrons. The van der Waals surface area contributed by atoms with Gasteiger partial charge in [0, 0.05) is 24.8 Å². The van der Waals surface area contributed by atoms with E-state index in [4.69, 9.17) is 23.8 Å². The average molecular weight is 348 g/mol. The molecular formula is C13H18ClN3O2S2. The summed E-state index contributed by atoms with van der Waals surface area (Å²) in [6.07, 6.45) is 0.586. The highest BCUT2D eigenvalue weighted by molar-refractivity contribution is 7.91. The smallest absolute Gasteiger partial charge is 0.188 e. The molecule has 0 radical (unpaired) electrons. The summed E-state index contributed by atoms with van der Waals surface area (Å²) in [7, 11) is 0.737. The molecule has 0 aliphatic carbocycles. The third-order valence-corrected chi connectivity index (χ3v) is 5.58. The summed E-state index contributed by atoms with van der Waals surface area (Å²) in [6, 6.07) is 7.07. The van der Waals surface area contributed by atoms with Gasteiger partial charge in [0.15, 0.2) is 14.9 Å². The minimum atomic E-state index is -2.96. The van der Waals surface area contributed by atoms with Crippen LogP contribution in [0.4, 0.5) is 5.69 Å². The van der Waals surface area contributed by atoms with Crippen molar-refractivity contribution in [1.82, 2.24) is 10.0 Å². The van der Waals surface area contributed by atoms with Gasteiger partial charge in [-0.3, -0.25) is 5.01 Å². The van der Waals surface area contributed by atoms with Gasteiger partial charge in [0.05, 0.1) is 17.5 Å². The maximum Gasteiger partial charge on any atom is 0.188 e. The van der Waals surface area contributed by atoms with Crippen molar-refractivity contribution in [2.75, 3.05) is 30.9 Å². The van der Waals surface area contributed by atoms with Crippen LogP contribution in [0.25, 0.3) is 0 Å². The van der Waals surface area contributed by atoms with Gasteiger partial charge in [0.1, 0.15) is 0 Å². The van der Waals surface area contributed by atoms with Crippen molar-refractivity contribution in [3.8, 4) is 0 Å². The van der Waals surface area contributed by atoms with Gasteiger partial charge in [0.2, 0.25) is 0 Å². The molecule has 1 saturated heterocycles. The van der Waals surface area contributed by atoms with Crippen molar-refractivity contribution >= 4 is 44.5 Å². The van der Waals surface area contributed by atoms with Crippen LogP contribution in [-0.4, -0.2) is 55.2 Å². The normalized spacial score (nSPS) is 20.5. The molecule has 1 aromatic carbocycles. The fourth-order valence-electron chi connectivity index (χ4n) is 2.36. The molecule has 1 aliphatic rings. The average Bonchev–Trinajstić information content (AvgIpc) is 2.72. The predicted molar refractivity (Wildman–Crippen MR) is 90.3 cm³/mol. The highest BCUT2D eigenvalue weighted by atomic mass is 35.5. The van der Waals surface area contributed by atoms with Gasteiger partial charge in [0.25, 0.3) is 0 Å². The molecule has 0 bridgehead atoms. The number of rotatable bonds is 3. The summed E-state index contributed by atoms with van der Waals surface area (Å²) < 4.78 is 23.3. The number of nitrogens with zero attached hydrogens (tertiary/aromatic N) is 2. The zero-order chi connectivity index (χ0) is 15.6. The van der Waals surface area contributed by atoms with E-state index in [2.05, 4.69) is 5.32 Å². The Morgan fingerprint density at radius 1 is 1.33 bits per heavy atom. The maximum absolute atomic E-state index is 11.7. The number of sulfone groups is 1. The van der Waals surface area contributed by atoms with Gasteiger partial charge < -0.3 is 5.32 Å². The van der Waals surface area contributed by atoms with Crippen LogP contribution in [-0.2, 0) is 9.84 Å². The van der Waals surface area contributed by atoms with E-state index in [0.717, 1.165) is 5.69 Å². The molecule has 1 N–H and O–H groups in total. The van der Waals surface area contributed by atoms with Gasteiger partial charge in [-0.05, 0) is 42.9 Å². The Hall–Kier alpha value is -0.890. The van der Waals surface area contributed by atoms with Crippen molar-refractivity contribution in [2.24, 2.45) is 0 Å². The highest BCUT2D eigenvalue weighted by Crippen LogP contribution is 2.20. The summed E-state index contributed by atoms with van der Waals surface area (Å²) in [6.45, 7) is 0. The van der Waals surface area contributed by atoms with E-state index in [1.54, 1.807) is 12.1 Å². The maximum atomic E-state index is 11.7. The van der Waals surface area contributed by atoms with E-state index < -0.39 is 9.84 Å². The largest absolute Gasteiger partial charge is 0.332 e. The van der Waals surface area contributed by atoms with E-state index in [1.807, 2.05) is 36.2 Å². The second-order valence-corrected chi connectivity index (χ2v) is 8.24. The van der Waals surface area contributed by atoms with Crippen molar-refractivity contribution < 1.29 is 8.42 Å². The van der Waals surface area contributed by atoms with Gasteiger partial charge >= 0.3 is 0 Å². The van der Waals surface area contributed by atoms with Crippen LogP contribution in [0.15, 0.2) is 24.3 Å². The topological polar surface area (TPSA) is 52.6 Å². The molecule has 0 amide bonds. The van der Waals surface area contributed by atoms with Crippen molar-refractivity contribution in [3.63, 3.8) is 0 Å². The molecule has 1 aromatic rings. The van der Waals surface area contributed by atoms with Gasteiger partial charge in [-0.15, -0.1) is 0 Å². The first-order chi connectivity index (χ1) is 9.78. The standard InChI is InChI=1S/C13H18ClN3O2S2/c1-16(2)17(12-7-8-21(18,19)9-12)13(20)15-11-5-3-10(14)4-6-11/h3-6,12H,7-9H2,1-2H3,(H,15,20)/t12-/m1/s1. The van der Waals surface area contributed by atoms with Crippen LogP contribution in [0.5, 0.6) is 0 Å². The van der Waals surface area contributed by atoms with Crippen molar-refractivity contribution in [3.05, 3.63) is 29.3 Å². The summed E-state index contributed by atoms with van der Waals surface area (Å²) >= 11 is 11.3. The predicted octanol–water partition coefficient (Wildman–Crippen LogP) is 2.00. The molecule has 1 atom stereocenters.